The maximum atomic E-state index is 12.1. The van der Waals surface area contributed by atoms with E-state index in [1.807, 2.05) is 0 Å². The molecule has 1 fully saturated rings. The number of benzene rings is 1. The Morgan fingerprint density at radius 1 is 1.00 bits per heavy atom. The third kappa shape index (κ3) is 7.68. The average molecular weight is 375 g/mol. The number of alkyl carbamates (subject to hydrolysis) is 1. The Morgan fingerprint density at radius 3 is 2.11 bits per heavy atom. The number of rotatable bonds is 6. The topological polar surface area (TPSA) is 96.5 Å². The van der Waals surface area contributed by atoms with Gasteiger partial charge >= 0.3 is 6.09 Å². The first-order chi connectivity index (χ1) is 12.7. The fraction of sp³-hybridized carbons (Fsp3) is 0.550. The highest BCUT2D eigenvalue weighted by Crippen LogP contribution is 2.26. The second-order valence-electron chi connectivity index (χ2n) is 7.77. The smallest absolute Gasteiger partial charge is 0.407 e. The van der Waals surface area contributed by atoms with Gasteiger partial charge in [0.05, 0.1) is 0 Å². The molecule has 1 aliphatic carbocycles. The van der Waals surface area contributed by atoms with Crippen LogP contribution in [0, 0.1) is 5.92 Å². The van der Waals surface area contributed by atoms with Crippen molar-refractivity contribution in [3.63, 3.8) is 0 Å². The minimum atomic E-state index is -0.568. The van der Waals surface area contributed by atoms with Gasteiger partial charge in [-0.3, -0.25) is 9.59 Å². The predicted octanol–water partition coefficient (Wildman–Crippen LogP) is 3.67. The SMILES string of the molecule is CC(C)(C)OC(=O)NCCC(=O)Nc1ccc(NC(=O)C2CCCC2)cc1. The molecule has 3 N–H and O–H groups in total. The van der Waals surface area contributed by atoms with Crippen molar-refractivity contribution in [1.29, 1.82) is 0 Å². The van der Waals surface area contributed by atoms with E-state index in [1.54, 1.807) is 45.0 Å². The van der Waals surface area contributed by atoms with Crippen molar-refractivity contribution in [2.75, 3.05) is 17.2 Å². The lowest BCUT2D eigenvalue weighted by Gasteiger charge is -2.19. The highest BCUT2D eigenvalue weighted by atomic mass is 16.6. The van der Waals surface area contributed by atoms with Crippen LogP contribution >= 0.6 is 0 Å². The number of ether oxygens (including phenoxy) is 1. The van der Waals surface area contributed by atoms with Gasteiger partial charge in [0.2, 0.25) is 11.8 Å². The zero-order valence-corrected chi connectivity index (χ0v) is 16.3. The van der Waals surface area contributed by atoms with Crippen LogP contribution < -0.4 is 16.0 Å². The largest absolute Gasteiger partial charge is 0.444 e. The number of hydrogen-bond acceptors (Lipinski definition) is 4. The van der Waals surface area contributed by atoms with Crippen molar-refractivity contribution in [3.8, 4) is 0 Å². The van der Waals surface area contributed by atoms with Gasteiger partial charge in [-0.05, 0) is 57.9 Å². The number of hydrogen-bond donors (Lipinski definition) is 3. The molecule has 1 saturated carbocycles. The van der Waals surface area contributed by atoms with Gasteiger partial charge in [-0.1, -0.05) is 12.8 Å². The molecule has 7 nitrogen and oxygen atoms in total. The predicted molar refractivity (Wildman–Crippen MR) is 105 cm³/mol. The van der Waals surface area contributed by atoms with Crippen LogP contribution in [0.2, 0.25) is 0 Å². The zero-order chi connectivity index (χ0) is 19.9. The van der Waals surface area contributed by atoms with Gasteiger partial charge in [-0.15, -0.1) is 0 Å². The second-order valence-corrected chi connectivity index (χ2v) is 7.77. The molecule has 0 aromatic heterocycles. The summed E-state index contributed by atoms with van der Waals surface area (Å²) in [4.78, 5) is 35.6. The molecule has 2 rings (SSSR count). The van der Waals surface area contributed by atoms with Gasteiger partial charge in [0, 0.05) is 30.3 Å². The van der Waals surface area contributed by atoms with Crippen molar-refractivity contribution in [2.24, 2.45) is 5.92 Å². The molecule has 1 aromatic carbocycles. The fourth-order valence-electron chi connectivity index (χ4n) is 2.88. The Hall–Kier alpha value is -2.57. The first kappa shape index (κ1) is 20.7. The van der Waals surface area contributed by atoms with Gasteiger partial charge in [0.1, 0.15) is 5.60 Å². The third-order valence-corrected chi connectivity index (χ3v) is 4.18. The molecule has 27 heavy (non-hydrogen) atoms. The summed E-state index contributed by atoms with van der Waals surface area (Å²) < 4.78 is 5.10. The van der Waals surface area contributed by atoms with Crippen LogP contribution in [0.5, 0.6) is 0 Å². The van der Waals surface area contributed by atoms with E-state index in [2.05, 4.69) is 16.0 Å². The number of amides is 3. The van der Waals surface area contributed by atoms with Crippen LogP contribution in [-0.4, -0.2) is 30.1 Å². The minimum absolute atomic E-state index is 0.0671. The Balaban J connectivity index is 1.71. The summed E-state index contributed by atoms with van der Waals surface area (Å²) in [6.45, 7) is 5.52. The molecule has 148 valence electrons. The van der Waals surface area contributed by atoms with E-state index in [1.165, 1.54) is 0 Å². The van der Waals surface area contributed by atoms with Crippen molar-refractivity contribution < 1.29 is 19.1 Å². The Kier molecular flexibility index (Phi) is 7.21. The van der Waals surface area contributed by atoms with Gasteiger partial charge in [-0.25, -0.2) is 4.79 Å². The van der Waals surface area contributed by atoms with E-state index < -0.39 is 11.7 Å². The molecule has 0 bridgehead atoms. The first-order valence-corrected chi connectivity index (χ1v) is 9.40. The van der Waals surface area contributed by atoms with E-state index >= 15 is 0 Å². The molecule has 0 unspecified atom stereocenters. The van der Waals surface area contributed by atoms with Crippen molar-refractivity contribution >= 4 is 29.3 Å². The van der Waals surface area contributed by atoms with Crippen LogP contribution in [-0.2, 0) is 14.3 Å². The summed E-state index contributed by atoms with van der Waals surface area (Å²) in [6, 6.07) is 7.01. The molecule has 0 radical (unpaired) electrons. The van der Waals surface area contributed by atoms with Crippen molar-refractivity contribution in [2.45, 2.75) is 58.5 Å². The summed E-state index contributed by atoms with van der Waals surface area (Å²) in [5, 5.41) is 8.22. The highest BCUT2D eigenvalue weighted by molar-refractivity contribution is 5.94. The van der Waals surface area contributed by atoms with E-state index in [0.717, 1.165) is 31.4 Å². The van der Waals surface area contributed by atoms with E-state index in [0.29, 0.717) is 5.69 Å². The Morgan fingerprint density at radius 2 is 1.56 bits per heavy atom. The van der Waals surface area contributed by atoms with Crippen LogP contribution in [0.1, 0.15) is 52.9 Å². The molecule has 0 atom stereocenters. The normalized spacial score (nSPS) is 14.5. The van der Waals surface area contributed by atoms with Gasteiger partial charge in [0.15, 0.2) is 0 Å². The van der Waals surface area contributed by atoms with Crippen LogP contribution in [0.15, 0.2) is 24.3 Å². The number of anilines is 2. The number of carbonyl (C=O) groups excluding carboxylic acids is 3. The van der Waals surface area contributed by atoms with Crippen LogP contribution in [0.25, 0.3) is 0 Å². The Bertz CT molecular complexity index is 659. The summed E-state index contributed by atoms with van der Waals surface area (Å²) in [6.07, 6.45) is 3.74. The number of carbonyl (C=O) groups is 3. The Labute approximate surface area is 160 Å². The van der Waals surface area contributed by atoms with Crippen molar-refractivity contribution in [3.05, 3.63) is 24.3 Å². The van der Waals surface area contributed by atoms with Crippen LogP contribution in [0.3, 0.4) is 0 Å². The van der Waals surface area contributed by atoms with E-state index in [4.69, 9.17) is 4.74 Å². The lowest BCUT2D eigenvalue weighted by molar-refractivity contribution is -0.119. The molecular formula is C20H29N3O4. The lowest BCUT2D eigenvalue weighted by atomic mass is 10.1. The van der Waals surface area contributed by atoms with Gasteiger partial charge < -0.3 is 20.7 Å². The number of nitrogens with one attached hydrogen (secondary N) is 3. The van der Waals surface area contributed by atoms with Gasteiger partial charge in [0.25, 0.3) is 0 Å². The third-order valence-electron chi connectivity index (χ3n) is 4.18. The van der Waals surface area contributed by atoms with Crippen molar-refractivity contribution in [1.82, 2.24) is 5.32 Å². The zero-order valence-electron chi connectivity index (χ0n) is 16.3. The molecule has 1 aliphatic rings. The molecule has 0 spiro atoms. The minimum Gasteiger partial charge on any atom is -0.444 e. The molecule has 1 aromatic rings. The molecule has 0 heterocycles. The quantitative estimate of drug-likeness (QED) is 0.707. The second kappa shape index (κ2) is 9.39. The maximum Gasteiger partial charge on any atom is 0.407 e. The standard InChI is InChI=1S/C20H29N3O4/c1-20(2,3)27-19(26)21-13-12-17(24)22-15-8-10-16(11-9-15)23-18(25)14-6-4-5-7-14/h8-11,14H,4-7,12-13H2,1-3H3,(H,21,26)(H,22,24)(H,23,25). The molecular weight excluding hydrogens is 346 g/mol. The molecule has 0 saturated heterocycles. The first-order valence-electron chi connectivity index (χ1n) is 9.40. The summed E-state index contributed by atoms with van der Waals surface area (Å²) in [5.41, 5.74) is 0.786. The van der Waals surface area contributed by atoms with E-state index in [9.17, 15) is 14.4 Å². The maximum absolute atomic E-state index is 12.1. The fourth-order valence-corrected chi connectivity index (χ4v) is 2.88. The van der Waals surface area contributed by atoms with Crippen LogP contribution in [0.4, 0.5) is 16.2 Å². The highest BCUT2D eigenvalue weighted by Gasteiger charge is 2.22. The lowest BCUT2D eigenvalue weighted by Crippen LogP contribution is -2.34. The summed E-state index contributed by atoms with van der Waals surface area (Å²) in [7, 11) is 0. The van der Waals surface area contributed by atoms with E-state index in [-0.39, 0.29) is 30.7 Å². The molecule has 0 aliphatic heterocycles. The summed E-state index contributed by atoms with van der Waals surface area (Å²) in [5.74, 6) is -0.0341. The average Bonchev–Trinajstić information content (AvgIpc) is 3.09. The molecule has 7 heteroatoms. The molecule has 3 amide bonds. The monoisotopic (exact) mass is 375 g/mol. The summed E-state index contributed by atoms with van der Waals surface area (Å²) >= 11 is 0. The van der Waals surface area contributed by atoms with Gasteiger partial charge in [-0.2, -0.15) is 0 Å².